The van der Waals surface area contributed by atoms with Crippen molar-refractivity contribution < 1.29 is 9.47 Å². The molecule has 2 aliphatic carbocycles. The lowest BCUT2D eigenvalue weighted by atomic mass is 9.90. The van der Waals surface area contributed by atoms with Crippen molar-refractivity contribution in [2.24, 2.45) is 23.7 Å². The molecule has 19 heavy (non-hydrogen) atoms. The highest BCUT2D eigenvalue weighted by Crippen LogP contribution is 2.54. The first-order valence-corrected chi connectivity index (χ1v) is 8.72. The third-order valence-electron chi connectivity index (χ3n) is 5.34. The van der Waals surface area contributed by atoms with Crippen LogP contribution in [0.25, 0.3) is 0 Å². The third kappa shape index (κ3) is 1.96. The summed E-state index contributed by atoms with van der Waals surface area (Å²) in [6.45, 7) is 8.87. The topological polar surface area (TPSA) is 18.5 Å². The van der Waals surface area contributed by atoms with Gasteiger partial charge in [0.25, 0.3) is 0 Å². The van der Waals surface area contributed by atoms with Crippen LogP contribution in [0.5, 0.6) is 0 Å². The van der Waals surface area contributed by atoms with Gasteiger partial charge in [-0.2, -0.15) is 0 Å². The van der Waals surface area contributed by atoms with Gasteiger partial charge >= 0.3 is 0 Å². The van der Waals surface area contributed by atoms with E-state index in [1.165, 1.54) is 6.42 Å². The first kappa shape index (κ1) is 14.1. The first-order chi connectivity index (χ1) is 8.99. The Morgan fingerprint density at radius 2 is 1.95 bits per heavy atom. The number of alkyl halides is 1. The molecule has 0 aromatic heterocycles. The van der Waals surface area contributed by atoms with Crippen LogP contribution < -0.4 is 0 Å². The minimum Gasteiger partial charge on any atom is -0.343 e. The molecular formula is C16H25BrO2. The summed E-state index contributed by atoms with van der Waals surface area (Å²) in [5, 5.41) is 1.01. The summed E-state index contributed by atoms with van der Waals surface area (Å²) in [5.41, 5.74) is 1.56. The standard InChI is InChI=1S/C16H25BrO2/c1-9(2)16(10(3)4)18-14-7-13-11(8-17)5-6-12(13)15(14)19-16/h5,9-10,12-15H,6-8H2,1-4H3/t12-,13+,14+,15-/m1/s1. The molecule has 0 bridgehead atoms. The average molecular weight is 329 g/mol. The molecule has 3 aliphatic rings. The zero-order chi connectivity index (χ0) is 13.8. The number of allylic oxidation sites excluding steroid dienone is 2. The van der Waals surface area contributed by atoms with Gasteiger partial charge in [-0.15, -0.1) is 0 Å². The van der Waals surface area contributed by atoms with Crippen molar-refractivity contribution in [2.75, 3.05) is 5.33 Å². The molecule has 3 heteroatoms. The van der Waals surface area contributed by atoms with Gasteiger partial charge in [0.15, 0.2) is 5.79 Å². The van der Waals surface area contributed by atoms with E-state index in [1.54, 1.807) is 5.57 Å². The maximum absolute atomic E-state index is 6.53. The Morgan fingerprint density at radius 1 is 1.26 bits per heavy atom. The van der Waals surface area contributed by atoms with Gasteiger partial charge in [0.2, 0.25) is 0 Å². The molecule has 0 amide bonds. The summed E-state index contributed by atoms with van der Waals surface area (Å²) < 4.78 is 13.0. The second-order valence-corrected chi connectivity index (χ2v) is 7.48. The SMILES string of the molecule is CC(C)C1(C(C)C)O[C@@H]2[C@@H]3CC=C(CBr)[C@@H]3C[C@@H]2O1. The Labute approximate surface area is 125 Å². The minimum absolute atomic E-state index is 0.308. The molecule has 1 saturated carbocycles. The first-order valence-electron chi connectivity index (χ1n) is 7.60. The molecule has 4 atom stereocenters. The maximum Gasteiger partial charge on any atom is 0.173 e. The number of hydrogen-bond donors (Lipinski definition) is 0. The molecule has 0 spiro atoms. The van der Waals surface area contributed by atoms with E-state index in [4.69, 9.17) is 9.47 Å². The molecule has 0 aromatic rings. The second-order valence-electron chi connectivity index (χ2n) is 6.92. The van der Waals surface area contributed by atoms with Gasteiger partial charge in [0, 0.05) is 17.2 Å². The van der Waals surface area contributed by atoms with Crippen molar-refractivity contribution in [3.8, 4) is 0 Å². The van der Waals surface area contributed by atoms with E-state index in [2.05, 4.69) is 49.7 Å². The van der Waals surface area contributed by atoms with E-state index in [1.807, 2.05) is 0 Å². The normalized spacial score (nSPS) is 39.8. The largest absolute Gasteiger partial charge is 0.343 e. The third-order valence-corrected chi connectivity index (χ3v) is 5.99. The molecule has 108 valence electrons. The summed E-state index contributed by atoms with van der Waals surface area (Å²) in [6.07, 6.45) is 5.34. The molecule has 0 unspecified atom stereocenters. The molecule has 3 rings (SSSR count). The van der Waals surface area contributed by atoms with Gasteiger partial charge in [0.05, 0.1) is 12.2 Å². The zero-order valence-corrected chi connectivity index (χ0v) is 13.9. The number of rotatable bonds is 3. The lowest BCUT2D eigenvalue weighted by Crippen LogP contribution is -2.43. The Hall–Kier alpha value is 0.140. The molecule has 2 nitrogen and oxygen atoms in total. The van der Waals surface area contributed by atoms with E-state index < -0.39 is 0 Å². The zero-order valence-electron chi connectivity index (χ0n) is 12.4. The van der Waals surface area contributed by atoms with Gasteiger partial charge < -0.3 is 9.47 Å². The van der Waals surface area contributed by atoms with Gasteiger partial charge in [-0.3, -0.25) is 0 Å². The van der Waals surface area contributed by atoms with Crippen LogP contribution in [0.3, 0.4) is 0 Å². The number of ether oxygens (including phenoxy) is 2. The van der Waals surface area contributed by atoms with Crippen LogP contribution in [0.2, 0.25) is 0 Å². The summed E-state index contributed by atoms with van der Waals surface area (Å²) in [6, 6.07) is 0. The van der Waals surface area contributed by atoms with E-state index in [0.29, 0.717) is 35.9 Å². The fraction of sp³-hybridized carbons (Fsp3) is 0.875. The Balaban J connectivity index is 1.80. The lowest BCUT2D eigenvalue weighted by Gasteiger charge is -2.37. The molecule has 1 aliphatic heterocycles. The number of halogens is 1. The number of fused-ring (bicyclic) bond motifs is 3. The van der Waals surface area contributed by atoms with Crippen molar-refractivity contribution in [3.63, 3.8) is 0 Å². The van der Waals surface area contributed by atoms with Gasteiger partial charge in [-0.25, -0.2) is 0 Å². The van der Waals surface area contributed by atoms with Crippen LogP contribution in [0.4, 0.5) is 0 Å². The molecule has 1 heterocycles. The summed E-state index contributed by atoms with van der Waals surface area (Å²) in [5.74, 6) is 1.78. The molecule has 0 aromatic carbocycles. The van der Waals surface area contributed by atoms with E-state index in [0.717, 1.165) is 11.8 Å². The van der Waals surface area contributed by atoms with Crippen molar-refractivity contribution in [2.45, 2.75) is 58.5 Å². The summed E-state index contributed by atoms with van der Waals surface area (Å²) in [4.78, 5) is 0. The maximum atomic E-state index is 6.53. The summed E-state index contributed by atoms with van der Waals surface area (Å²) in [7, 11) is 0. The van der Waals surface area contributed by atoms with Crippen LogP contribution >= 0.6 is 15.9 Å². The van der Waals surface area contributed by atoms with Crippen molar-refractivity contribution in [3.05, 3.63) is 11.6 Å². The van der Waals surface area contributed by atoms with Crippen LogP contribution in [-0.4, -0.2) is 23.3 Å². The van der Waals surface area contributed by atoms with Gasteiger partial charge in [-0.1, -0.05) is 55.3 Å². The monoisotopic (exact) mass is 328 g/mol. The molecule has 2 fully saturated rings. The Morgan fingerprint density at radius 3 is 2.53 bits per heavy atom. The fourth-order valence-electron chi connectivity index (χ4n) is 4.35. The quantitative estimate of drug-likeness (QED) is 0.572. The predicted molar refractivity (Wildman–Crippen MR) is 80.2 cm³/mol. The van der Waals surface area contributed by atoms with Crippen LogP contribution in [0, 0.1) is 23.7 Å². The van der Waals surface area contributed by atoms with Gasteiger partial charge in [0.1, 0.15) is 0 Å². The second kappa shape index (κ2) is 4.85. The Kier molecular flexibility index (Phi) is 3.60. The number of hydrogen-bond acceptors (Lipinski definition) is 2. The molecule has 0 N–H and O–H groups in total. The van der Waals surface area contributed by atoms with Gasteiger partial charge in [-0.05, 0) is 24.7 Å². The smallest absolute Gasteiger partial charge is 0.173 e. The summed E-state index contributed by atoms with van der Waals surface area (Å²) >= 11 is 3.61. The molecular weight excluding hydrogens is 304 g/mol. The highest BCUT2D eigenvalue weighted by atomic mass is 79.9. The Bertz CT molecular complexity index is 380. The highest BCUT2D eigenvalue weighted by Gasteiger charge is 2.59. The van der Waals surface area contributed by atoms with Crippen LogP contribution in [0.1, 0.15) is 40.5 Å². The van der Waals surface area contributed by atoms with Crippen molar-refractivity contribution >= 4 is 15.9 Å². The average Bonchev–Trinajstić information content (AvgIpc) is 2.96. The molecule has 1 saturated heterocycles. The van der Waals surface area contributed by atoms with Crippen LogP contribution in [0.15, 0.2) is 11.6 Å². The predicted octanol–water partition coefficient (Wildman–Crippen LogP) is 4.14. The minimum atomic E-state index is -0.364. The van der Waals surface area contributed by atoms with E-state index in [9.17, 15) is 0 Å². The van der Waals surface area contributed by atoms with Crippen molar-refractivity contribution in [1.82, 2.24) is 0 Å². The lowest BCUT2D eigenvalue weighted by molar-refractivity contribution is -0.240. The van der Waals surface area contributed by atoms with E-state index >= 15 is 0 Å². The fourth-order valence-corrected chi connectivity index (χ4v) is 4.99. The van der Waals surface area contributed by atoms with Crippen molar-refractivity contribution in [1.29, 1.82) is 0 Å². The van der Waals surface area contributed by atoms with E-state index in [-0.39, 0.29) is 5.79 Å². The highest BCUT2D eigenvalue weighted by molar-refractivity contribution is 9.09. The molecule has 0 radical (unpaired) electrons. The van der Waals surface area contributed by atoms with Crippen LogP contribution in [-0.2, 0) is 9.47 Å².